The minimum atomic E-state index is -0.464. The molecule has 78 valence electrons. The first kappa shape index (κ1) is 9.71. The van der Waals surface area contributed by atoms with Gasteiger partial charge in [0.05, 0.1) is 18.6 Å². The second kappa shape index (κ2) is 3.09. The molecule has 0 amide bonds. The fourth-order valence-corrected chi connectivity index (χ4v) is 2.99. The second-order valence-electron chi connectivity index (χ2n) is 4.60. The van der Waals surface area contributed by atoms with E-state index < -0.39 is 5.41 Å². The standard InChI is InChI=1S/C11H16O3/c1-7-4-11(10(13)14-2)5-8(7)3-9(12)6-11/h8-9,12H,1,3-6H2,2H3/t8-,9+,11+/m0/s1. The van der Waals surface area contributed by atoms with Crippen molar-refractivity contribution in [1.82, 2.24) is 0 Å². The van der Waals surface area contributed by atoms with Gasteiger partial charge in [-0.25, -0.2) is 0 Å². The van der Waals surface area contributed by atoms with Crippen LogP contribution in [-0.2, 0) is 9.53 Å². The number of methoxy groups -OCH3 is 1. The van der Waals surface area contributed by atoms with Crippen LogP contribution in [0.5, 0.6) is 0 Å². The average Bonchev–Trinajstić information content (AvgIpc) is 2.37. The molecule has 2 aliphatic rings. The number of hydrogen-bond donors (Lipinski definition) is 1. The van der Waals surface area contributed by atoms with Crippen molar-refractivity contribution in [2.45, 2.75) is 31.8 Å². The molecule has 2 bridgehead atoms. The van der Waals surface area contributed by atoms with Crippen molar-refractivity contribution in [3.8, 4) is 0 Å². The fraction of sp³-hybridized carbons (Fsp3) is 0.727. The van der Waals surface area contributed by atoms with E-state index in [4.69, 9.17) is 4.74 Å². The summed E-state index contributed by atoms with van der Waals surface area (Å²) in [6.45, 7) is 3.97. The molecule has 2 aliphatic carbocycles. The van der Waals surface area contributed by atoms with Crippen molar-refractivity contribution in [2.24, 2.45) is 11.3 Å². The Labute approximate surface area is 83.8 Å². The predicted octanol–water partition coefficient (Wildman–Crippen LogP) is 1.27. The average molecular weight is 196 g/mol. The van der Waals surface area contributed by atoms with E-state index in [1.165, 1.54) is 7.11 Å². The van der Waals surface area contributed by atoms with Crippen molar-refractivity contribution in [1.29, 1.82) is 0 Å². The summed E-state index contributed by atoms with van der Waals surface area (Å²) in [5.74, 6) is 0.137. The highest BCUT2D eigenvalue weighted by Crippen LogP contribution is 2.54. The van der Waals surface area contributed by atoms with E-state index in [2.05, 4.69) is 6.58 Å². The highest BCUT2D eigenvalue weighted by atomic mass is 16.5. The maximum Gasteiger partial charge on any atom is 0.312 e. The molecule has 2 saturated carbocycles. The molecule has 0 heterocycles. The summed E-state index contributed by atoms with van der Waals surface area (Å²) >= 11 is 0. The zero-order valence-corrected chi connectivity index (χ0v) is 8.45. The third kappa shape index (κ3) is 1.27. The van der Waals surface area contributed by atoms with Crippen molar-refractivity contribution in [3.05, 3.63) is 12.2 Å². The van der Waals surface area contributed by atoms with Crippen LogP contribution >= 0.6 is 0 Å². The molecule has 0 unspecified atom stereocenters. The smallest absolute Gasteiger partial charge is 0.312 e. The molecule has 0 radical (unpaired) electrons. The van der Waals surface area contributed by atoms with Gasteiger partial charge in [-0.2, -0.15) is 0 Å². The van der Waals surface area contributed by atoms with E-state index in [1.807, 2.05) is 0 Å². The van der Waals surface area contributed by atoms with Gasteiger partial charge in [0, 0.05) is 0 Å². The Kier molecular flexibility index (Phi) is 2.14. The summed E-state index contributed by atoms with van der Waals surface area (Å²) in [5, 5.41) is 9.67. The third-order valence-electron chi connectivity index (χ3n) is 3.58. The molecule has 14 heavy (non-hydrogen) atoms. The number of carbonyl (C=O) groups excluding carboxylic acids is 1. The van der Waals surface area contributed by atoms with Crippen LogP contribution in [0.4, 0.5) is 0 Å². The lowest BCUT2D eigenvalue weighted by molar-refractivity contribution is -0.156. The normalized spacial score (nSPS) is 41.1. The first-order valence-corrected chi connectivity index (χ1v) is 5.01. The Balaban J connectivity index is 2.27. The van der Waals surface area contributed by atoms with E-state index in [0.717, 1.165) is 18.4 Å². The topological polar surface area (TPSA) is 46.5 Å². The number of aliphatic hydroxyl groups is 1. The van der Waals surface area contributed by atoms with Gasteiger partial charge in [-0.15, -0.1) is 0 Å². The summed E-state index contributed by atoms with van der Waals surface area (Å²) in [7, 11) is 1.41. The van der Waals surface area contributed by atoms with Crippen molar-refractivity contribution in [2.75, 3.05) is 7.11 Å². The van der Waals surface area contributed by atoms with Gasteiger partial charge in [0.2, 0.25) is 0 Å². The Morgan fingerprint density at radius 3 is 3.00 bits per heavy atom. The maximum absolute atomic E-state index is 11.7. The molecular weight excluding hydrogens is 180 g/mol. The Bertz CT molecular complexity index is 284. The molecule has 3 heteroatoms. The Morgan fingerprint density at radius 1 is 1.64 bits per heavy atom. The third-order valence-corrected chi connectivity index (χ3v) is 3.58. The van der Waals surface area contributed by atoms with Crippen molar-refractivity contribution in [3.63, 3.8) is 0 Å². The number of aliphatic hydroxyl groups excluding tert-OH is 1. The number of hydrogen-bond acceptors (Lipinski definition) is 3. The highest BCUT2D eigenvalue weighted by Gasteiger charge is 2.52. The van der Waals surface area contributed by atoms with Crippen LogP contribution in [-0.4, -0.2) is 24.3 Å². The quantitative estimate of drug-likeness (QED) is 0.507. The molecule has 0 aliphatic heterocycles. The van der Waals surface area contributed by atoms with Gasteiger partial charge in [-0.3, -0.25) is 4.79 Å². The lowest BCUT2D eigenvalue weighted by Gasteiger charge is -2.32. The number of carbonyl (C=O) groups is 1. The Hall–Kier alpha value is -0.830. The van der Waals surface area contributed by atoms with Crippen molar-refractivity contribution >= 4 is 5.97 Å². The van der Waals surface area contributed by atoms with E-state index in [9.17, 15) is 9.90 Å². The van der Waals surface area contributed by atoms with Gasteiger partial charge >= 0.3 is 5.97 Å². The summed E-state index contributed by atoms with van der Waals surface area (Å²) < 4.78 is 4.82. The molecule has 0 aromatic carbocycles. The van der Waals surface area contributed by atoms with Crippen LogP contribution < -0.4 is 0 Å². The summed E-state index contributed by atoms with van der Waals surface area (Å²) in [4.78, 5) is 11.7. The fourth-order valence-electron chi connectivity index (χ4n) is 2.99. The van der Waals surface area contributed by atoms with Gasteiger partial charge in [0.15, 0.2) is 0 Å². The largest absolute Gasteiger partial charge is 0.469 e. The Morgan fingerprint density at radius 2 is 2.36 bits per heavy atom. The van der Waals surface area contributed by atoms with E-state index >= 15 is 0 Å². The number of esters is 1. The molecular formula is C11H16O3. The van der Waals surface area contributed by atoms with Crippen LogP contribution in [0.3, 0.4) is 0 Å². The number of allylic oxidation sites excluding steroid dienone is 1. The van der Waals surface area contributed by atoms with Crippen molar-refractivity contribution < 1.29 is 14.6 Å². The zero-order chi connectivity index (χ0) is 10.3. The first-order chi connectivity index (χ1) is 6.57. The predicted molar refractivity (Wildman–Crippen MR) is 51.6 cm³/mol. The second-order valence-corrected chi connectivity index (χ2v) is 4.60. The molecule has 0 aromatic rings. The number of ether oxygens (including phenoxy) is 1. The van der Waals surface area contributed by atoms with Gasteiger partial charge in [-0.1, -0.05) is 12.2 Å². The monoisotopic (exact) mass is 196 g/mol. The minimum Gasteiger partial charge on any atom is -0.469 e. The zero-order valence-electron chi connectivity index (χ0n) is 8.45. The van der Waals surface area contributed by atoms with Gasteiger partial charge < -0.3 is 9.84 Å². The lowest BCUT2D eigenvalue weighted by Crippen LogP contribution is -2.37. The van der Waals surface area contributed by atoms with Gasteiger partial charge in [0.1, 0.15) is 0 Å². The minimum absolute atomic E-state index is 0.181. The van der Waals surface area contributed by atoms with Crippen LogP contribution in [0, 0.1) is 11.3 Å². The van der Waals surface area contributed by atoms with Crippen LogP contribution in [0.15, 0.2) is 12.2 Å². The van der Waals surface area contributed by atoms with E-state index in [0.29, 0.717) is 18.8 Å². The van der Waals surface area contributed by atoms with E-state index in [1.54, 1.807) is 0 Å². The summed E-state index contributed by atoms with van der Waals surface area (Å²) in [5.41, 5.74) is 0.640. The van der Waals surface area contributed by atoms with Gasteiger partial charge in [0.25, 0.3) is 0 Å². The highest BCUT2D eigenvalue weighted by molar-refractivity contribution is 5.78. The van der Waals surface area contributed by atoms with E-state index in [-0.39, 0.29) is 12.1 Å². The molecule has 3 atom stereocenters. The molecule has 0 saturated heterocycles. The summed E-state index contributed by atoms with van der Waals surface area (Å²) in [6, 6.07) is 0. The molecule has 2 fully saturated rings. The van der Waals surface area contributed by atoms with Crippen LogP contribution in [0.25, 0.3) is 0 Å². The molecule has 3 nitrogen and oxygen atoms in total. The molecule has 0 spiro atoms. The summed E-state index contributed by atoms with van der Waals surface area (Å²) in [6.07, 6.45) is 2.44. The van der Waals surface area contributed by atoms with Gasteiger partial charge in [-0.05, 0) is 31.6 Å². The maximum atomic E-state index is 11.7. The van der Waals surface area contributed by atoms with Crippen LogP contribution in [0.2, 0.25) is 0 Å². The lowest BCUT2D eigenvalue weighted by atomic mass is 9.74. The molecule has 1 N–H and O–H groups in total. The molecule has 2 rings (SSSR count). The SMILES string of the molecule is C=C1C[C@]2(C(=O)OC)C[C@H](O)C[C@H]1C2. The number of rotatable bonds is 1. The first-order valence-electron chi connectivity index (χ1n) is 5.01. The molecule has 0 aromatic heterocycles. The van der Waals surface area contributed by atoms with Crippen LogP contribution in [0.1, 0.15) is 25.7 Å². The number of fused-ring (bicyclic) bond motifs is 2.